The number of rotatable bonds is 4. The molecule has 0 amide bonds. The molecular formula is C14H21N5OS. The summed E-state index contributed by atoms with van der Waals surface area (Å²) in [6.07, 6.45) is 3.10. The van der Waals surface area contributed by atoms with E-state index < -0.39 is 0 Å². The molecule has 1 fully saturated rings. The average Bonchev–Trinajstić information content (AvgIpc) is 2.92. The van der Waals surface area contributed by atoms with Gasteiger partial charge in [-0.05, 0) is 44.8 Å². The Hall–Kier alpha value is -1.31. The molecule has 3 rings (SSSR count). The van der Waals surface area contributed by atoms with Crippen LogP contribution in [0.4, 0.5) is 0 Å². The quantitative estimate of drug-likeness (QED) is 0.907. The second-order valence-corrected chi connectivity index (χ2v) is 6.63. The first-order valence-corrected chi connectivity index (χ1v) is 8.32. The first-order valence-electron chi connectivity index (χ1n) is 7.50. The van der Waals surface area contributed by atoms with E-state index in [1.807, 2.05) is 6.92 Å². The smallest absolute Gasteiger partial charge is 0.275 e. The Bertz CT molecular complexity index is 672. The van der Waals surface area contributed by atoms with Gasteiger partial charge >= 0.3 is 0 Å². The molecule has 0 radical (unpaired) electrons. The van der Waals surface area contributed by atoms with Gasteiger partial charge in [-0.3, -0.25) is 9.69 Å². The van der Waals surface area contributed by atoms with E-state index in [0.717, 1.165) is 56.1 Å². The molecule has 0 bridgehead atoms. The summed E-state index contributed by atoms with van der Waals surface area (Å²) in [5.74, 6) is 0.649. The van der Waals surface area contributed by atoms with Crippen molar-refractivity contribution in [1.29, 1.82) is 0 Å². The predicted molar refractivity (Wildman–Crippen MR) is 83.6 cm³/mol. The molecule has 7 heteroatoms. The maximum atomic E-state index is 12.1. The number of aryl methyl sites for hydroxylation is 1. The minimum atomic E-state index is -0.0807. The fraction of sp³-hybridized carbons (Fsp3) is 0.643. The van der Waals surface area contributed by atoms with Gasteiger partial charge in [0.05, 0.1) is 5.69 Å². The topological polar surface area (TPSA) is 76.5 Å². The number of nitrogens with two attached hydrogens (primary N) is 1. The maximum Gasteiger partial charge on any atom is 0.275 e. The van der Waals surface area contributed by atoms with Crippen molar-refractivity contribution in [2.24, 2.45) is 11.7 Å². The number of hydrogen-bond donors (Lipinski definition) is 1. The fourth-order valence-corrected chi connectivity index (χ4v) is 3.59. The SMILES string of the molecule is CCc1nn2c(=O)cc(CN3CCC(CN)CC3)nc2s1. The summed E-state index contributed by atoms with van der Waals surface area (Å²) < 4.78 is 1.41. The summed E-state index contributed by atoms with van der Waals surface area (Å²) in [4.78, 5) is 19.7. The highest BCUT2D eigenvalue weighted by atomic mass is 32.1. The second kappa shape index (κ2) is 6.21. The molecule has 0 atom stereocenters. The number of aromatic nitrogens is 3. The molecule has 1 aliphatic rings. The van der Waals surface area contributed by atoms with E-state index in [0.29, 0.717) is 10.9 Å². The lowest BCUT2D eigenvalue weighted by atomic mass is 9.97. The number of hydrogen-bond acceptors (Lipinski definition) is 6. The molecule has 1 aliphatic heterocycles. The lowest BCUT2D eigenvalue weighted by Crippen LogP contribution is -2.36. The van der Waals surface area contributed by atoms with Gasteiger partial charge in [-0.25, -0.2) is 4.98 Å². The Labute approximate surface area is 127 Å². The van der Waals surface area contributed by atoms with Gasteiger partial charge in [0, 0.05) is 12.6 Å². The maximum absolute atomic E-state index is 12.1. The molecule has 1 saturated heterocycles. The summed E-state index contributed by atoms with van der Waals surface area (Å²) in [7, 11) is 0. The predicted octanol–water partition coefficient (Wildman–Crippen LogP) is 0.884. The van der Waals surface area contributed by atoms with Gasteiger partial charge in [-0.1, -0.05) is 18.3 Å². The van der Waals surface area contributed by atoms with E-state index in [1.54, 1.807) is 6.07 Å². The van der Waals surface area contributed by atoms with Crippen molar-refractivity contribution in [1.82, 2.24) is 19.5 Å². The number of likely N-dealkylation sites (tertiary alicyclic amines) is 1. The molecule has 2 aromatic heterocycles. The number of nitrogens with zero attached hydrogens (tertiary/aromatic N) is 4. The van der Waals surface area contributed by atoms with E-state index in [9.17, 15) is 4.79 Å². The molecule has 0 aliphatic carbocycles. The Morgan fingerprint density at radius 2 is 2.19 bits per heavy atom. The van der Waals surface area contributed by atoms with Crippen LogP contribution >= 0.6 is 11.3 Å². The molecule has 3 heterocycles. The van der Waals surface area contributed by atoms with Crippen LogP contribution in [0.3, 0.4) is 0 Å². The number of fused-ring (bicyclic) bond motifs is 1. The highest BCUT2D eigenvalue weighted by molar-refractivity contribution is 7.16. The third-order valence-electron chi connectivity index (χ3n) is 4.07. The van der Waals surface area contributed by atoms with Crippen LogP contribution in [-0.2, 0) is 13.0 Å². The van der Waals surface area contributed by atoms with Crippen molar-refractivity contribution < 1.29 is 0 Å². The van der Waals surface area contributed by atoms with E-state index in [4.69, 9.17) is 5.73 Å². The standard InChI is InChI=1S/C14H21N5OS/c1-2-12-17-19-13(20)7-11(16-14(19)21-12)9-18-5-3-10(8-15)4-6-18/h7,10H,2-6,8-9,15H2,1H3. The van der Waals surface area contributed by atoms with E-state index in [-0.39, 0.29) is 5.56 Å². The Morgan fingerprint density at radius 3 is 2.86 bits per heavy atom. The Kier molecular flexibility index (Phi) is 4.32. The zero-order valence-electron chi connectivity index (χ0n) is 12.3. The molecule has 0 saturated carbocycles. The molecule has 2 N–H and O–H groups in total. The molecule has 114 valence electrons. The summed E-state index contributed by atoms with van der Waals surface area (Å²) in [5, 5.41) is 5.22. The van der Waals surface area contributed by atoms with Gasteiger partial charge in [0.2, 0.25) is 4.96 Å². The van der Waals surface area contributed by atoms with Crippen molar-refractivity contribution >= 4 is 16.3 Å². The summed E-state index contributed by atoms with van der Waals surface area (Å²) in [6.45, 7) is 5.62. The van der Waals surface area contributed by atoms with Crippen LogP contribution < -0.4 is 11.3 Å². The zero-order valence-corrected chi connectivity index (χ0v) is 13.1. The lowest BCUT2D eigenvalue weighted by molar-refractivity contribution is 0.179. The monoisotopic (exact) mass is 307 g/mol. The first kappa shape index (κ1) is 14.6. The summed E-state index contributed by atoms with van der Waals surface area (Å²) in [5.41, 5.74) is 6.48. The molecular weight excluding hydrogens is 286 g/mol. The van der Waals surface area contributed by atoms with Crippen LogP contribution in [0.1, 0.15) is 30.5 Å². The van der Waals surface area contributed by atoms with Crippen LogP contribution in [0.2, 0.25) is 0 Å². The normalized spacial score (nSPS) is 17.6. The fourth-order valence-electron chi connectivity index (χ4n) is 2.73. The third kappa shape index (κ3) is 3.14. The molecule has 0 unspecified atom stereocenters. The zero-order chi connectivity index (χ0) is 14.8. The largest absolute Gasteiger partial charge is 0.330 e. The van der Waals surface area contributed by atoms with Crippen LogP contribution in [0.15, 0.2) is 10.9 Å². The Morgan fingerprint density at radius 1 is 1.43 bits per heavy atom. The van der Waals surface area contributed by atoms with Gasteiger partial charge in [-0.15, -0.1) is 0 Å². The highest BCUT2D eigenvalue weighted by Crippen LogP contribution is 2.18. The van der Waals surface area contributed by atoms with E-state index in [1.165, 1.54) is 15.9 Å². The van der Waals surface area contributed by atoms with Crippen LogP contribution in [-0.4, -0.2) is 39.1 Å². The van der Waals surface area contributed by atoms with Gasteiger partial charge in [0.1, 0.15) is 5.01 Å². The molecule has 6 nitrogen and oxygen atoms in total. The van der Waals surface area contributed by atoms with E-state index in [2.05, 4.69) is 15.0 Å². The van der Waals surface area contributed by atoms with Gasteiger partial charge in [0.15, 0.2) is 0 Å². The van der Waals surface area contributed by atoms with Crippen molar-refractivity contribution in [2.75, 3.05) is 19.6 Å². The lowest BCUT2D eigenvalue weighted by Gasteiger charge is -2.30. The van der Waals surface area contributed by atoms with Gasteiger partial charge in [-0.2, -0.15) is 9.61 Å². The average molecular weight is 307 g/mol. The van der Waals surface area contributed by atoms with Gasteiger partial charge in [0.25, 0.3) is 5.56 Å². The number of piperidine rings is 1. The summed E-state index contributed by atoms with van der Waals surface area (Å²) in [6, 6.07) is 1.61. The minimum Gasteiger partial charge on any atom is -0.330 e. The van der Waals surface area contributed by atoms with E-state index >= 15 is 0 Å². The molecule has 21 heavy (non-hydrogen) atoms. The van der Waals surface area contributed by atoms with Crippen molar-refractivity contribution in [3.63, 3.8) is 0 Å². The van der Waals surface area contributed by atoms with Crippen molar-refractivity contribution in [3.8, 4) is 0 Å². The highest BCUT2D eigenvalue weighted by Gasteiger charge is 2.19. The van der Waals surface area contributed by atoms with Crippen LogP contribution in [0.5, 0.6) is 0 Å². The van der Waals surface area contributed by atoms with Crippen molar-refractivity contribution in [2.45, 2.75) is 32.7 Å². The van der Waals surface area contributed by atoms with Gasteiger partial charge < -0.3 is 5.73 Å². The second-order valence-electron chi connectivity index (χ2n) is 5.58. The molecule has 0 spiro atoms. The molecule has 0 aromatic carbocycles. The first-order chi connectivity index (χ1) is 10.2. The summed E-state index contributed by atoms with van der Waals surface area (Å²) >= 11 is 1.50. The Balaban J connectivity index is 1.77. The molecule has 2 aromatic rings. The minimum absolute atomic E-state index is 0.0807. The van der Waals surface area contributed by atoms with Crippen LogP contribution in [0, 0.1) is 5.92 Å². The third-order valence-corrected chi connectivity index (χ3v) is 5.12. The van der Waals surface area contributed by atoms with Crippen LogP contribution in [0.25, 0.3) is 4.96 Å². The van der Waals surface area contributed by atoms with Crippen molar-refractivity contribution in [3.05, 3.63) is 27.1 Å².